The Labute approximate surface area is 96.9 Å². The highest BCUT2D eigenvalue weighted by atomic mass is 14.5. The SMILES string of the molecule is Cc1cccc(C)c1-c1ccc(CN)cc1. The average molecular weight is 211 g/mol. The van der Waals surface area contributed by atoms with E-state index in [-0.39, 0.29) is 0 Å². The first-order chi connectivity index (χ1) is 7.72. The fraction of sp³-hybridized carbons (Fsp3) is 0.200. The maximum absolute atomic E-state index is 5.60. The van der Waals surface area contributed by atoms with Gasteiger partial charge in [0.05, 0.1) is 0 Å². The first kappa shape index (κ1) is 10.9. The summed E-state index contributed by atoms with van der Waals surface area (Å²) in [7, 11) is 0. The summed E-state index contributed by atoms with van der Waals surface area (Å²) in [6.45, 7) is 4.91. The molecule has 0 radical (unpaired) electrons. The largest absolute Gasteiger partial charge is 0.326 e. The van der Waals surface area contributed by atoms with Gasteiger partial charge in [-0.25, -0.2) is 0 Å². The van der Waals surface area contributed by atoms with Crippen molar-refractivity contribution in [3.63, 3.8) is 0 Å². The summed E-state index contributed by atoms with van der Waals surface area (Å²) in [6.07, 6.45) is 0. The van der Waals surface area contributed by atoms with Crippen molar-refractivity contribution in [3.05, 3.63) is 59.2 Å². The topological polar surface area (TPSA) is 26.0 Å². The predicted octanol–water partition coefficient (Wildman–Crippen LogP) is 3.43. The highest BCUT2D eigenvalue weighted by molar-refractivity contribution is 5.70. The number of hydrogen-bond acceptors (Lipinski definition) is 1. The van der Waals surface area contributed by atoms with Gasteiger partial charge in [0.15, 0.2) is 0 Å². The third-order valence-corrected chi connectivity index (χ3v) is 2.96. The molecule has 2 aromatic rings. The van der Waals surface area contributed by atoms with E-state index in [4.69, 9.17) is 5.73 Å². The molecule has 16 heavy (non-hydrogen) atoms. The Morgan fingerprint density at radius 2 is 1.44 bits per heavy atom. The van der Waals surface area contributed by atoms with Gasteiger partial charge in [-0.1, -0.05) is 42.5 Å². The lowest BCUT2D eigenvalue weighted by molar-refractivity contribution is 1.07. The monoisotopic (exact) mass is 211 g/mol. The van der Waals surface area contributed by atoms with E-state index in [1.807, 2.05) is 0 Å². The van der Waals surface area contributed by atoms with Crippen molar-refractivity contribution in [3.8, 4) is 11.1 Å². The number of nitrogens with two attached hydrogens (primary N) is 1. The molecule has 0 saturated carbocycles. The second-order valence-electron chi connectivity index (χ2n) is 4.17. The molecule has 0 fully saturated rings. The second-order valence-corrected chi connectivity index (χ2v) is 4.17. The van der Waals surface area contributed by atoms with Gasteiger partial charge in [0.2, 0.25) is 0 Å². The Balaban J connectivity index is 2.50. The number of rotatable bonds is 2. The summed E-state index contributed by atoms with van der Waals surface area (Å²) in [5.41, 5.74) is 12.0. The summed E-state index contributed by atoms with van der Waals surface area (Å²) in [5, 5.41) is 0. The van der Waals surface area contributed by atoms with Crippen molar-refractivity contribution < 1.29 is 0 Å². The summed E-state index contributed by atoms with van der Waals surface area (Å²) in [6, 6.07) is 14.9. The molecule has 2 N–H and O–H groups in total. The minimum absolute atomic E-state index is 0.604. The maximum Gasteiger partial charge on any atom is 0.0178 e. The van der Waals surface area contributed by atoms with Gasteiger partial charge in [0.1, 0.15) is 0 Å². The molecule has 82 valence electrons. The second kappa shape index (κ2) is 4.50. The molecule has 1 heteroatoms. The lowest BCUT2D eigenvalue weighted by Crippen LogP contribution is -1.95. The van der Waals surface area contributed by atoms with Crippen LogP contribution in [0.3, 0.4) is 0 Å². The number of hydrogen-bond donors (Lipinski definition) is 1. The van der Waals surface area contributed by atoms with Crippen LogP contribution in [0.2, 0.25) is 0 Å². The zero-order valence-corrected chi connectivity index (χ0v) is 9.83. The minimum Gasteiger partial charge on any atom is -0.326 e. The number of benzene rings is 2. The van der Waals surface area contributed by atoms with E-state index in [9.17, 15) is 0 Å². The minimum atomic E-state index is 0.604. The van der Waals surface area contributed by atoms with Crippen LogP contribution in [0.5, 0.6) is 0 Å². The van der Waals surface area contributed by atoms with Crippen LogP contribution in [-0.4, -0.2) is 0 Å². The zero-order valence-electron chi connectivity index (χ0n) is 9.83. The molecule has 0 amide bonds. The van der Waals surface area contributed by atoms with Crippen LogP contribution in [-0.2, 0) is 6.54 Å². The third kappa shape index (κ3) is 2.00. The Hall–Kier alpha value is -1.60. The van der Waals surface area contributed by atoms with Crippen LogP contribution >= 0.6 is 0 Å². The zero-order chi connectivity index (χ0) is 11.5. The molecule has 0 aliphatic rings. The van der Waals surface area contributed by atoms with Crippen LogP contribution in [0.4, 0.5) is 0 Å². The van der Waals surface area contributed by atoms with Crippen molar-refractivity contribution in [2.45, 2.75) is 20.4 Å². The van der Waals surface area contributed by atoms with Gasteiger partial charge in [0.25, 0.3) is 0 Å². The van der Waals surface area contributed by atoms with E-state index >= 15 is 0 Å². The van der Waals surface area contributed by atoms with Crippen molar-refractivity contribution >= 4 is 0 Å². The smallest absolute Gasteiger partial charge is 0.0178 e. The van der Waals surface area contributed by atoms with Crippen LogP contribution < -0.4 is 5.73 Å². The van der Waals surface area contributed by atoms with E-state index < -0.39 is 0 Å². The van der Waals surface area contributed by atoms with Gasteiger partial charge in [-0.3, -0.25) is 0 Å². The number of aryl methyl sites for hydroxylation is 2. The molecule has 2 aromatic carbocycles. The van der Waals surface area contributed by atoms with Gasteiger partial charge in [-0.05, 0) is 41.7 Å². The van der Waals surface area contributed by atoms with Crippen LogP contribution in [0.15, 0.2) is 42.5 Å². The molecule has 2 rings (SSSR count). The average Bonchev–Trinajstić information content (AvgIpc) is 2.30. The van der Waals surface area contributed by atoms with Crippen LogP contribution in [0.1, 0.15) is 16.7 Å². The normalized spacial score (nSPS) is 10.4. The summed E-state index contributed by atoms with van der Waals surface area (Å²) < 4.78 is 0. The summed E-state index contributed by atoms with van der Waals surface area (Å²) in [4.78, 5) is 0. The standard InChI is InChI=1S/C15H17N/c1-11-4-3-5-12(2)15(11)14-8-6-13(10-16)7-9-14/h3-9H,10,16H2,1-2H3. The lowest BCUT2D eigenvalue weighted by Gasteiger charge is -2.10. The molecule has 0 aliphatic carbocycles. The van der Waals surface area contributed by atoms with Gasteiger partial charge in [0, 0.05) is 6.54 Å². The molecule has 0 bridgehead atoms. The van der Waals surface area contributed by atoms with Crippen molar-refractivity contribution in [1.29, 1.82) is 0 Å². The maximum atomic E-state index is 5.60. The predicted molar refractivity (Wildman–Crippen MR) is 69.2 cm³/mol. The van der Waals surface area contributed by atoms with E-state index in [2.05, 4.69) is 56.3 Å². The summed E-state index contributed by atoms with van der Waals surface area (Å²) in [5.74, 6) is 0. The van der Waals surface area contributed by atoms with Crippen molar-refractivity contribution in [1.82, 2.24) is 0 Å². The van der Waals surface area contributed by atoms with E-state index in [0.29, 0.717) is 6.54 Å². The van der Waals surface area contributed by atoms with Gasteiger partial charge >= 0.3 is 0 Å². The molecular weight excluding hydrogens is 194 g/mol. The molecule has 0 aromatic heterocycles. The quantitative estimate of drug-likeness (QED) is 0.809. The van der Waals surface area contributed by atoms with Crippen LogP contribution in [0, 0.1) is 13.8 Å². The summed E-state index contributed by atoms with van der Waals surface area (Å²) >= 11 is 0. The molecule has 0 heterocycles. The Morgan fingerprint density at radius 1 is 0.875 bits per heavy atom. The molecule has 0 aliphatic heterocycles. The molecule has 0 spiro atoms. The Kier molecular flexibility index (Phi) is 3.07. The van der Waals surface area contributed by atoms with Crippen molar-refractivity contribution in [2.24, 2.45) is 5.73 Å². The Morgan fingerprint density at radius 3 is 1.94 bits per heavy atom. The first-order valence-corrected chi connectivity index (χ1v) is 5.58. The molecule has 0 saturated heterocycles. The molecular formula is C15H17N. The van der Waals surface area contributed by atoms with Crippen molar-refractivity contribution in [2.75, 3.05) is 0 Å². The fourth-order valence-corrected chi connectivity index (χ4v) is 2.08. The van der Waals surface area contributed by atoms with Gasteiger partial charge < -0.3 is 5.73 Å². The molecule has 1 nitrogen and oxygen atoms in total. The van der Waals surface area contributed by atoms with Gasteiger partial charge in [-0.2, -0.15) is 0 Å². The van der Waals surface area contributed by atoms with E-state index in [1.165, 1.54) is 27.8 Å². The molecule has 0 unspecified atom stereocenters. The Bertz CT molecular complexity index is 463. The lowest BCUT2D eigenvalue weighted by atomic mass is 9.95. The van der Waals surface area contributed by atoms with E-state index in [1.54, 1.807) is 0 Å². The van der Waals surface area contributed by atoms with E-state index in [0.717, 1.165) is 0 Å². The molecule has 0 atom stereocenters. The highest BCUT2D eigenvalue weighted by Crippen LogP contribution is 2.27. The first-order valence-electron chi connectivity index (χ1n) is 5.58. The van der Waals surface area contributed by atoms with Crippen LogP contribution in [0.25, 0.3) is 11.1 Å². The van der Waals surface area contributed by atoms with Gasteiger partial charge in [-0.15, -0.1) is 0 Å². The third-order valence-electron chi connectivity index (χ3n) is 2.96. The fourth-order valence-electron chi connectivity index (χ4n) is 2.08. The highest BCUT2D eigenvalue weighted by Gasteiger charge is 2.04.